The number of nitrogens with zero attached hydrogens (tertiary/aromatic N) is 3. The molecule has 35 heavy (non-hydrogen) atoms. The second-order valence-electron chi connectivity index (χ2n) is 8.44. The summed E-state index contributed by atoms with van der Waals surface area (Å²) in [5.74, 6) is -0.254. The standard InChI is InChI=1S/C26H23Cl4N3O2/c1-31(2)25(34)19-8-7-16(13-21(19)28)17-14-22(29)24(23(30)15-17)32-9-11-33(12-10-32)26(35)18-5-3-4-6-20(18)27/h3-8,13-15H,9-12H2,1-2H3. The van der Waals surface area contributed by atoms with E-state index < -0.39 is 0 Å². The van der Waals surface area contributed by atoms with Crippen LogP contribution in [-0.2, 0) is 0 Å². The van der Waals surface area contributed by atoms with E-state index in [9.17, 15) is 9.59 Å². The summed E-state index contributed by atoms with van der Waals surface area (Å²) >= 11 is 25.9. The SMILES string of the molecule is CN(C)C(=O)c1ccc(-c2cc(Cl)c(N3CCN(C(=O)c4ccccc4Cl)CC3)c(Cl)c2)cc1Cl. The Morgan fingerprint density at radius 3 is 1.89 bits per heavy atom. The number of piperazine rings is 1. The number of benzene rings is 3. The molecule has 1 fully saturated rings. The maximum Gasteiger partial charge on any atom is 0.255 e. The van der Waals surface area contributed by atoms with Crippen molar-refractivity contribution in [1.82, 2.24) is 9.80 Å². The third kappa shape index (κ3) is 5.39. The number of hydrogen-bond acceptors (Lipinski definition) is 3. The van der Waals surface area contributed by atoms with Crippen molar-refractivity contribution < 1.29 is 9.59 Å². The number of anilines is 1. The van der Waals surface area contributed by atoms with Crippen LogP contribution in [0, 0.1) is 0 Å². The van der Waals surface area contributed by atoms with Gasteiger partial charge in [-0.05, 0) is 47.5 Å². The molecular formula is C26H23Cl4N3O2. The number of amides is 2. The second kappa shape index (κ2) is 10.7. The quantitative estimate of drug-likeness (QED) is 0.366. The molecule has 1 heterocycles. The Morgan fingerprint density at radius 2 is 1.31 bits per heavy atom. The lowest BCUT2D eigenvalue weighted by molar-refractivity contribution is 0.0746. The lowest BCUT2D eigenvalue weighted by Crippen LogP contribution is -2.49. The van der Waals surface area contributed by atoms with E-state index in [1.807, 2.05) is 18.2 Å². The van der Waals surface area contributed by atoms with Gasteiger partial charge in [-0.2, -0.15) is 0 Å². The average Bonchev–Trinajstić information content (AvgIpc) is 2.83. The normalized spacial score (nSPS) is 13.7. The molecule has 0 unspecified atom stereocenters. The molecule has 3 aromatic rings. The Hall–Kier alpha value is -2.44. The number of halogens is 4. The van der Waals surface area contributed by atoms with E-state index in [4.69, 9.17) is 46.4 Å². The molecule has 1 aliphatic heterocycles. The van der Waals surface area contributed by atoms with Gasteiger partial charge in [0.15, 0.2) is 0 Å². The Labute approximate surface area is 224 Å². The zero-order valence-corrected chi connectivity index (χ0v) is 22.2. The summed E-state index contributed by atoms with van der Waals surface area (Å²) in [6.07, 6.45) is 0. The smallest absolute Gasteiger partial charge is 0.255 e. The van der Waals surface area contributed by atoms with Gasteiger partial charge in [-0.3, -0.25) is 9.59 Å². The molecule has 1 aliphatic rings. The van der Waals surface area contributed by atoms with Crippen LogP contribution < -0.4 is 4.90 Å². The highest BCUT2D eigenvalue weighted by Crippen LogP contribution is 2.39. The topological polar surface area (TPSA) is 43.9 Å². The van der Waals surface area contributed by atoms with Crippen molar-refractivity contribution in [1.29, 1.82) is 0 Å². The van der Waals surface area contributed by atoms with Gasteiger partial charge in [0.25, 0.3) is 11.8 Å². The van der Waals surface area contributed by atoms with Gasteiger partial charge in [0.1, 0.15) is 0 Å². The average molecular weight is 551 g/mol. The van der Waals surface area contributed by atoms with Crippen LogP contribution in [0.5, 0.6) is 0 Å². The Morgan fingerprint density at radius 1 is 0.714 bits per heavy atom. The molecule has 3 aromatic carbocycles. The van der Waals surface area contributed by atoms with Gasteiger partial charge in [-0.1, -0.05) is 64.6 Å². The van der Waals surface area contributed by atoms with E-state index in [0.717, 1.165) is 16.8 Å². The molecule has 1 saturated heterocycles. The van der Waals surface area contributed by atoms with E-state index >= 15 is 0 Å². The van der Waals surface area contributed by atoms with Crippen molar-refractivity contribution >= 4 is 63.9 Å². The first-order valence-electron chi connectivity index (χ1n) is 11.0. The fourth-order valence-corrected chi connectivity index (χ4v) is 5.29. The Bertz CT molecular complexity index is 1260. The van der Waals surface area contributed by atoms with Crippen LogP contribution in [0.25, 0.3) is 11.1 Å². The van der Waals surface area contributed by atoms with E-state index in [-0.39, 0.29) is 11.8 Å². The van der Waals surface area contributed by atoms with Gasteiger partial charge in [-0.25, -0.2) is 0 Å². The zero-order valence-electron chi connectivity index (χ0n) is 19.2. The fraction of sp³-hybridized carbons (Fsp3) is 0.231. The monoisotopic (exact) mass is 549 g/mol. The molecule has 0 aliphatic carbocycles. The third-order valence-electron chi connectivity index (χ3n) is 5.94. The summed E-state index contributed by atoms with van der Waals surface area (Å²) in [7, 11) is 3.36. The molecule has 0 saturated carbocycles. The molecule has 4 rings (SSSR count). The summed E-state index contributed by atoms with van der Waals surface area (Å²) in [4.78, 5) is 30.5. The minimum Gasteiger partial charge on any atom is -0.366 e. The van der Waals surface area contributed by atoms with Gasteiger partial charge in [0.05, 0.1) is 36.9 Å². The van der Waals surface area contributed by atoms with Crippen LogP contribution in [0.15, 0.2) is 54.6 Å². The molecule has 0 bridgehead atoms. The van der Waals surface area contributed by atoms with Crippen LogP contribution in [0.3, 0.4) is 0 Å². The van der Waals surface area contributed by atoms with Crippen molar-refractivity contribution in [3.8, 4) is 11.1 Å². The largest absolute Gasteiger partial charge is 0.366 e. The van der Waals surface area contributed by atoms with Gasteiger partial charge < -0.3 is 14.7 Å². The summed E-state index contributed by atoms with van der Waals surface area (Å²) in [6, 6.07) is 16.0. The lowest BCUT2D eigenvalue weighted by Gasteiger charge is -2.37. The van der Waals surface area contributed by atoms with E-state index in [1.165, 1.54) is 4.90 Å². The van der Waals surface area contributed by atoms with Crippen molar-refractivity contribution in [3.63, 3.8) is 0 Å². The van der Waals surface area contributed by atoms with Crippen molar-refractivity contribution in [2.45, 2.75) is 0 Å². The Balaban J connectivity index is 1.51. The summed E-state index contributed by atoms with van der Waals surface area (Å²) in [5, 5.41) is 1.81. The number of rotatable bonds is 4. The summed E-state index contributed by atoms with van der Waals surface area (Å²) in [6.45, 7) is 2.22. The molecule has 2 amide bonds. The number of carbonyl (C=O) groups excluding carboxylic acids is 2. The molecular weight excluding hydrogens is 528 g/mol. The molecule has 0 aromatic heterocycles. The minimum atomic E-state index is -0.167. The Kier molecular flexibility index (Phi) is 7.82. The van der Waals surface area contributed by atoms with Gasteiger partial charge in [0, 0.05) is 40.3 Å². The minimum absolute atomic E-state index is 0.0872. The molecule has 182 valence electrons. The van der Waals surface area contributed by atoms with Gasteiger partial charge in [-0.15, -0.1) is 0 Å². The first-order chi connectivity index (χ1) is 16.7. The highest BCUT2D eigenvalue weighted by atomic mass is 35.5. The van der Waals surface area contributed by atoms with Crippen molar-refractivity contribution in [2.75, 3.05) is 45.2 Å². The highest BCUT2D eigenvalue weighted by molar-refractivity contribution is 6.40. The second-order valence-corrected chi connectivity index (χ2v) is 10.1. The van der Waals surface area contributed by atoms with Gasteiger partial charge in [0.2, 0.25) is 0 Å². The molecule has 0 N–H and O–H groups in total. The maximum absolute atomic E-state index is 12.9. The van der Waals surface area contributed by atoms with E-state index in [1.54, 1.807) is 55.4 Å². The van der Waals surface area contributed by atoms with Crippen LogP contribution in [0.1, 0.15) is 20.7 Å². The molecule has 5 nitrogen and oxygen atoms in total. The van der Waals surface area contributed by atoms with Crippen molar-refractivity contribution in [3.05, 3.63) is 85.8 Å². The molecule has 9 heteroatoms. The number of carbonyl (C=O) groups is 2. The maximum atomic E-state index is 12.9. The molecule has 0 atom stereocenters. The van der Waals surface area contributed by atoms with Crippen LogP contribution in [0.2, 0.25) is 20.1 Å². The lowest BCUT2D eigenvalue weighted by atomic mass is 10.0. The summed E-state index contributed by atoms with van der Waals surface area (Å²) < 4.78 is 0. The van der Waals surface area contributed by atoms with E-state index in [2.05, 4.69) is 4.90 Å². The molecule has 0 radical (unpaired) electrons. The molecule has 0 spiro atoms. The van der Waals surface area contributed by atoms with Crippen LogP contribution in [0.4, 0.5) is 5.69 Å². The van der Waals surface area contributed by atoms with E-state index in [0.29, 0.717) is 57.4 Å². The first kappa shape index (κ1) is 25.6. The predicted octanol–water partition coefficient (Wildman–Crippen LogP) is 6.63. The fourth-order valence-electron chi connectivity index (χ4n) is 4.08. The number of hydrogen-bond donors (Lipinski definition) is 0. The summed E-state index contributed by atoms with van der Waals surface area (Å²) in [5.41, 5.74) is 3.25. The predicted molar refractivity (Wildman–Crippen MR) is 144 cm³/mol. The first-order valence-corrected chi connectivity index (χ1v) is 12.5. The van der Waals surface area contributed by atoms with Crippen LogP contribution in [-0.4, -0.2) is 61.9 Å². The zero-order chi connectivity index (χ0) is 25.3. The third-order valence-corrected chi connectivity index (χ3v) is 7.16. The highest BCUT2D eigenvalue weighted by Gasteiger charge is 2.26. The van der Waals surface area contributed by atoms with Gasteiger partial charge >= 0.3 is 0 Å². The van der Waals surface area contributed by atoms with Crippen LogP contribution >= 0.6 is 46.4 Å². The van der Waals surface area contributed by atoms with Crippen molar-refractivity contribution in [2.24, 2.45) is 0 Å².